The van der Waals surface area contributed by atoms with Crippen LogP contribution in [0.1, 0.15) is 23.7 Å². The summed E-state index contributed by atoms with van der Waals surface area (Å²) in [6, 6.07) is 3.38. The van der Waals surface area contributed by atoms with E-state index in [1.807, 2.05) is 0 Å². The van der Waals surface area contributed by atoms with E-state index in [-0.39, 0.29) is 12.5 Å². The van der Waals surface area contributed by atoms with Gasteiger partial charge in [-0.25, -0.2) is 0 Å². The summed E-state index contributed by atoms with van der Waals surface area (Å²) < 4.78 is 0. The topological polar surface area (TPSA) is 70.5 Å². The number of aromatic nitrogens is 1. The van der Waals surface area contributed by atoms with Crippen molar-refractivity contribution in [1.29, 1.82) is 0 Å². The molecule has 0 saturated carbocycles. The molecule has 1 N–H and O–H groups in total. The molecule has 1 aromatic heterocycles. The van der Waals surface area contributed by atoms with Crippen molar-refractivity contribution < 1.29 is 14.7 Å². The zero-order valence-corrected chi connectivity index (χ0v) is 9.59. The lowest BCUT2D eigenvalue weighted by Crippen LogP contribution is -2.34. The summed E-state index contributed by atoms with van der Waals surface area (Å²) in [5.74, 6) is -0.998. The fourth-order valence-electron chi connectivity index (χ4n) is 1.98. The third kappa shape index (κ3) is 2.13. The molecule has 17 heavy (non-hydrogen) atoms. The van der Waals surface area contributed by atoms with Crippen molar-refractivity contribution >= 4 is 11.9 Å². The summed E-state index contributed by atoms with van der Waals surface area (Å²) in [6.45, 7) is 2.42. The minimum Gasteiger partial charge on any atom is -0.481 e. The number of nitrogens with zero attached hydrogens (tertiary/aromatic N) is 2. The Morgan fingerprint density at radius 1 is 1.53 bits per heavy atom. The molecule has 1 amide bonds. The third-order valence-electron chi connectivity index (χ3n) is 3.19. The Labute approximate surface area is 99.1 Å². The highest BCUT2D eigenvalue weighted by atomic mass is 16.4. The molecule has 0 bridgehead atoms. The number of carboxylic acid groups (broad SMARTS) is 1. The molecule has 0 spiro atoms. The zero-order chi connectivity index (χ0) is 12.5. The highest BCUT2D eigenvalue weighted by Crippen LogP contribution is 2.30. The normalized spacial score (nSPS) is 23.7. The lowest BCUT2D eigenvalue weighted by molar-refractivity contribution is -0.147. The standard InChI is InChI=1S/C12H14N2O3/c1-12(11(16)17)4-6-14(8-12)10(15)9-3-2-5-13-7-9/h2-3,5,7H,4,6,8H2,1H3,(H,16,17)/t12-/m0/s1. The minimum atomic E-state index is -0.848. The number of hydrogen-bond acceptors (Lipinski definition) is 3. The van der Waals surface area contributed by atoms with Crippen LogP contribution in [-0.4, -0.2) is 40.0 Å². The van der Waals surface area contributed by atoms with Gasteiger partial charge in [0.25, 0.3) is 5.91 Å². The van der Waals surface area contributed by atoms with Gasteiger partial charge in [0.1, 0.15) is 0 Å². The van der Waals surface area contributed by atoms with Crippen LogP contribution in [0.4, 0.5) is 0 Å². The van der Waals surface area contributed by atoms with Crippen LogP contribution in [0.5, 0.6) is 0 Å². The second-order valence-electron chi connectivity index (χ2n) is 4.58. The highest BCUT2D eigenvalue weighted by molar-refractivity contribution is 5.94. The van der Waals surface area contributed by atoms with E-state index in [0.29, 0.717) is 18.5 Å². The van der Waals surface area contributed by atoms with Gasteiger partial charge in [-0.15, -0.1) is 0 Å². The Hall–Kier alpha value is -1.91. The molecule has 5 heteroatoms. The first kappa shape index (κ1) is 11.6. The number of carboxylic acids is 1. The van der Waals surface area contributed by atoms with Crippen molar-refractivity contribution in [3.63, 3.8) is 0 Å². The fraction of sp³-hybridized carbons (Fsp3) is 0.417. The fourth-order valence-corrected chi connectivity index (χ4v) is 1.98. The minimum absolute atomic E-state index is 0.150. The molecule has 0 aromatic carbocycles. The van der Waals surface area contributed by atoms with Crippen LogP contribution in [0.3, 0.4) is 0 Å². The van der Waals surface area contributed by atoms with E-state index in [1.165, 1.54) is 6.20 Å². The summed E-state index contributed by atoms with van der Waals surface area (Å²) in [4.78, 5) is 28.6. The van der Waals surface area contributed by atoms with E-state index in [4.69, 9.17) is 5.11 Å². The molecule has 1 fully saturated rings. The van der Waals surface area contributed by atoms with Gasteiger partial charge in [-0.05, 0) is 25.5 Å². The van der Waals surface area contributed by atoms with Crippen LogP contribution in [0.25, 0.3) is 0 Å². The van der Waals surface area contributed by atoms with E-state index >= 15 is 0 Å². The molecule has 0 aliphatic carbocycles. The molecule has 90 valence electrons. The number of rotatable bonds is 2. The number of carbonyl (C=O) groups excluding carboxylic acids is 1. The number of carbonyl (C=O) groups is 2. The van der Waals surface area contributed by atoms with Crippen LogP contribution in [0.15, 0.2) is 24.5 Å². The van der Waals surface area contributed by atoms with Gasteiger partial charge in [-0.2, -0.15) is 0 Å². The SMILES string of the molecule is C[C@]1(C(=O)O)CCN(C(=O)c2cccnc2)C1. The Kier molecular flexibility index (Phi) is 2.83. The smallest absolute Gasteiger partial charge is 0.311 e. The van der Waals surface area contributed by atoms with Gasteiger partial charge >= 0.3 is 5.97 Å². The Morgan fingerprint density at radius 3 is 2.82 bits per heavy atom. The maximum Gasteiger partial charge on any atom is 0.311 e. The Balaban J connectivity index is 2.12. The van der Waals surface area contributed by atoms with Gasteiger partial charge in [0.15, 0.2) is 0 Å². The van der Waals surface area contributed by atoms with E-state index < -0.39 is 11.4 Å². The summed E-state index contributed by atoms with van der Waals surface area (Å²) in [6.07, 6.45) is 3.59. The second-order valence-corrected chi connectivity index (χ2v) is 4.58. The van der Waals surface area contributed by atoms with Crippen molar-refractivity contribution in [3.05, 3.63) is 30.1 Å². The van der Waals surface area contributed by atoms with E-state index in [2.05, 4.69) is 4.98 Å². The maximum atomic E-state index is 12.1. The number of amides is 1. The van der Waals surface area contributed by atoms with E-state index in [1.54, 1.807) is 30.2 Å². The molecular weight excluding hydrogens is 220 g/mol. The summed E-state index contributed by atoms with van der Waals surface area (Å²) in [5.41, 5.74) is -0.320. The maximum absolute atomic E-state index is 12.1. The average molecular weight is 234 g/mol. The predicted octanol–water partition coefficient (Wildman–Crippen LogP) is 1.02. The summed E-state index contributed by atoms with van der Waals surface area (Å²) in [5, 5.41) is 9.09. The van der Waals surface area contributed by atoms with Gasteiger partial charge in [-0.1, -0.05) is 0 Å². The van der Waals surface area contributed by atoms with Gasteiger partial charge in [0.2, 0.25) is 0 Å². The Morgan fingerprint density at radius 2 is 2.29 bits per heavy atom. The van der Waals surface area contributed by atoms with Crippen LogP contribution in [0.2, 0.25) is 0 Å². The molecule has 5 nitrogen and oxygen atoms in total. The van der Waals surface area contributed by atoms with Crippen LogP contribution in [0, 0.1) is 5.41 Å². The molecular formula is C12H14N2O3. The van der Waals surface area contributed by atoms with Gasteiger partial charge in [0.05, 0.1) is 11.0 Å². The lowest BCUT2D eigenvalue weighted by Gasteiger charge is -2.20. The van der Waals surface area contributed by atoms with Crippen molar-refractivity contribution in [2.24, 2.45) is 5.41 Å². The molecule has 1 aliphatic heterocycles. The predicted molar refractivity (Wildman–Crippen MR) is 60.5 cm³/mol. The largest absolute Gasteiger partial charge is 0.481 e. The van der Waals surface area contributed by atoms with Crippen molar-refractivity contribution in [2.45, 2.75) is 13.3 Å². The van der Waals surface area contributed by atoms with Crippen molar-refractivity contribution in [1.82, 2.24) is 9.88 Å². The molecule has 2 rings (SSSR count). The number of hydrogen-bond donors (Lipinski definition) is 1. The average Bonchev–Trinajstić information content (AvgIpc) is 2.74. The number of likely N-dealkylation sites (tertiary alicyclic amines) is 1. The Bertz CT molecular complexity index is 446. The van der Waals surface area contributed by atoms with E-state index in [9.17, 15) is 9.59 Å². The first-order chi connectivity index (χ1) is 8.03. The van der Waals surface area contributed by atoms with Crippen molar-refractivity contribution in [3.8, 4) is 0 Å². The molecule has 1 aromatic rings. The van der Waals surface area contributed by atoms with Crippen LogP contribution >= 0.6 is 0 Å². The molecule has 0 radical (unpaired) electrons. The monoisotopic (exact) mass is 234 g/mol. The second kappa shape index (κ2) is 4.16. The quantitative estimate of drug-likeness (QED) is 0.829. The third-order valence-corrected chi connectivity index (χ3v) is 3.19. The number of pyridine rings is 1. The number of aliphatic carboxylic acids is 1. The first-order valence-electron chi connectivity index (χ1n) is 5.46. The zero-order valence-electron chi connectivity index (χ0n) is 9.59. The highest BCUT2D eigenvalue weighted by Gasteiger charge is 2.42. The van der Waals surface area contributed by atoms with Crippen molar-refractivity contribution in [2.75, 3.05) is 13.1 Å². The van der Waals surface area contributed by atoms with Crippen LogP contribution in [-0.2, 0) is 4.79 Å². The lowest BCUT2D eigenvalue weighted by atomic mass is 9.90. The van der Waals surface area contributed by atoms with Gasteiger partial charge < -0.3 is 10.0 Å². The molecule has 1 saturated heterocycles. The first-order valence-corrected chi connectivity index (χ1v) is 5.46. The molecule has 1 aliphatic rings. The molecule has 1 atom stereocenters. The summed E-state index contributed by atoms with van der Waals surface area (Å²) in [7, 11) is 0. The van der Waals surface area contributed by atoms with E-state index in [0.717, 1.165) is 0 Å². The van der Waals surface area contributed by atoms with Gasteiger partial charge in [-0.3, -0.25) is 14.6 Å². The van der Waals surface area contributed by atoms with Crippen LogP contribution < -0.4 is 0 Å². The molecule has 2 heterocycles. The molecule has 0 unspecified atom stereocenters. The van der Waals surface area contributed by atoms with Gasteiger partial charge in [0, 0.05) is 25.5 Å². The summed E-state index contributed by atoms with van der Waals surface area (Å²) >= 11 is 0.